The van der Waals surface area contributed by atoms with Crippen LogP contribution in [-0.2, 0) is 4.79 Å². The summed E-state index contributed by atoms with van der Waals surface area (Å²) in [5.74, 6) is 0.612. The molecule has 5 nitrogen and oxygen atoms in total. The largest absolute Gasteiger partial charge is 0.348 e. The van der Waals surface area contributed by atoms with E-state index >= 15 is 0 Å². The minimum absolute atomic E-state index is 0. The fraction of sp³-hybridized carbons (Fsp3) is 0.500. The second-order valence-corrected chi connectivity index (χ2v) is 5.85. The Kier molecular flexibility index (Phi) is 5.42. The first-order valence-electron chi connectivity index (χ1n) is 7.60. The van der Waals surface area contributed by atoms with E-state index in [4.69, 9.17) is 5.73 Å². The number of carbonyl (C=O) groups excluding carboxylic acids is 2. The van der Waals surface area contributed by atoms with Gasteiger partial charge in [-0.1, -0.05) is 0 Å². The maximum atomic E-state index is 12.2. The Bertz CT molecular complexity index is 543. The molecule has 0 bridgehead atoms. The number of nitrogens with one attached hydrogen (secondary N) is 1. The van der Waals surface area contributed by atoms with Crippen molar-refractivity contribution in [2.45, 2.75) is 31.7 Å². The van der Waals surface area contributed by atoms with Gasteiger partial charge in [-0.25, -0.2) is 0 Å². The Morgan fingerprint density at radius 2 is 2.00 bits per heavy atom. The molecule has 1 unspecified atom stereocenters. The third kappa shape index (κ3) is 3.59. The second-order valence-electron chi connectivity index (χ2n) is 5.85. The SMILES string of the molecule is Cl.NCC(NC(=O)c1ccc(N2CCCC2=O)cc1)C1CC1. The van der Waals surface area contributed by atoms with Crippen LogP contribution in [0.4, 0.5) is 5.69 Å². The van der Waals surface area contributed by atoms with Crippen molar-refractivity contribution < 1.29 is 9.59 Å². The molecule has 1 heterocycles. The van der Waals surface area contributed by atoms with E-state index in [1.54, 1.807) is 17.0 Å². The molecule has 2 amide bonds. The number of nitrogens with two attached hydrogens (primary N) is 1. The number of halogens is 1. The standard InChI is InChI=1S/C16H21N3O2.ClH/c17-10-14(11-3-4-11)18-16(21)12-5-7-13(8-6-12)19-9-1-2-15(19)20;/h5-8,11,14H,1-4,9-10,17H2,(H,18,21);1H. The molecule has 1 aromatic rings. The Morgan fingerprint density at radius 3 is 2.50 bits per heavy atom. The zero-order valence-corrected chi connectivity index (χ0v) is 13.3. The molecule has 2 aliphatic rings. The Hall–Kier alpha value is -1.59. The fourth-order valence-corrected chi connectivity index (χ4v) is 2.83. The molecule has 0 spiro atoms. The molecule has 1 aliphatic heterocycles. The Morgan fingerprint density at radius 1 is 1.32 bits per heavy atom. The molecule has 1 atom stereocenters. The molecule has 1 saturated carbocycles. The van der Waals surface area contributed by atoms with Gasteiger partial charge in [0, 0.05) is 36.8 Å². The number of anilines is 1. The summed E-state index contributed by atoms with van der Waals surface area (Å²) in [6, 6.07) is 7.31. The summed E-state index contributed by atoms with van der Waals surface area (Å²) in [6.07, 6.45) is 3.82. The molecule has 1 aromatic carbocycles. The highest BCUT2D eigenvalue weighted by atomic mass is 35.5. The molecule has 6 heteroatoms. The third-order valence-electron chi connectivity index (χ3n) is 4.28. The van der Waals surface area contributed by atoms with E-state index in [9.17, 15) is 9.59 Å². The summed E-state index contributed by atoms with van der Waals surface area (Å²) < 4.78 is 0. The topological polar surface area (TPSA) is 75.4 Å². The summed E-state index contributed by atoms with van der Waals surface area (Å²) in [7, 11) is 0. The van der Waals surface area contributed by atoms with Crippen molar-refractivity contribution >= 4 is 29.9 Å². The quantitative estimate of drug-likeness (QED) is 0.866. The first kappa shape index (κ1) is 16.8. The molecule has 1 saturated heterocycles. The van der Waals surface area contributed by atoms with E-state index in [1.807, 2.05) is 12.1 Å². The van der Waals surface area contributed by atoms with Crippen LogP contribution in [0.1, 0.15) is 36.0 Å². The fourth-order valence-electron chi connectivity index (χ4n) is 2.83. The predicted octanol–water partition coefficient (Wildman–Crippen LogP) is 1.70. The number of nitrogens with zero attached hydrogens (tertiary/aromatic N) is 1. The van der Waals surface area contributed by atoms with Crippen LogP contribution in [0.5, 0.6) is 0 Å². The molecule has 1 aliphatic carbocycles. The lowest BCUT2D eigenvalue weighted by Gasteiger charge is -2.18. The van der Waals surface area contributed by atoms with E-state index < -0.39 is 0 Å². The lowest BCUT2D eigenvalue weighted by Crippen LogP contribution is -2.41. The first-order valence-corrected chi connectivity index (χ1v) is 7.60. The zero-order chi connectivity index (χ0) is 14.8. The average molecular weight is 324 g/mol. The van der Waals surface area contributed by atoms with Crippen LogP contribution >= 0.6 is 12.4 Å². The number of rotatable bonds is 5. The minimum atomic E-state index is -0.0864. The molecule has 3 N–H and O–H groups in total. The van der Waals surface area contributed by atoms with Gasteiger partial charge in [-0.3, -0.25) is 9.59 Å². The normalized spacial score (nSPS) is 18.8. The van der Waals surface area contributed by atoms with E-state index in [0.717, 1.165) is 31.5 Å². The first-order chi connectivity index (χ1) is 10.2. The molecule has 3 rings (SSSR count). The average Bonchev–Trinajstić information content (AvgIpc) is 3.26. The van der Waals surface area contributed by atoms with E-state index in [-0.39, 0.29) is 30.3 Å². The van der Waals surface area contributed by atoms with Crippen molar-refractivity contribution in [2.24, 2.45) is 11.7 Å². The predicted molar refractivity (Wildman–Crippen MR) is 88.3 cm³/mol. The lowest BCUT2D eigenvalue weighted by molar-refractivity contribution is -0.117. The monoisotopic (exact) mass is 323 g/mol. The lowest BCUT2D eigenvalue weighted by atomic mass is 10.1. The molecule has 0 radical (unpaired) electrons. The van der Waals surface area contributed by atoms with Crippen molar-refractivity contribution in [3.05, 3.63) is 29.8 Å². The van der Waals surface area contributed by atoms with Gasteiger partial charge in [0.25, 0.3) is 5.91 Å². The van der Waals surface area contributed by atoms with Crippen molar-refractivity contribution in [3.63, 3.8) is 0 Å². The van der Waals surface area contributed by atoms with Gasteiger partial charge >= 0.3 is 0 Å². The van der Waals surface area contributed by atoms with E-state index in [0.29, 0.717) is 24.4 Å². The maximum absolute atomic E-state index is 12.2. The summed E-state index contributed by atoms with van der Waals surface area (Å²) in [4.78, 5) is 25.7. The van der Waals surface area contributed by atoms with Crippen molar-refractivity contribution in [3.8, 4) is 0 Å². The summed E-state index contributed by atoms with van der Waals surface area (Å²) in [6.45, 7) is 1.25. The Balaban J connectivity index is 0.00000176. The van der Waals surface area contributed by atoms with Gasteiger partial charge in [-0.2, -0.15) is 0 Å². The molecule has 120 valence electrons. The summed E-state index contributed by atoms with van der Waals surface area (Å²) in [5.41, 5.74) is 7.19. The maximum Gasteiger partial charge on any atom is 0.251 e. The summed E-state index contributed by atoms with van der Waals surface area (Å²) >= 11 is 0. The van der Waals surface area contributed by atoms with Crippen LogP contribution in [0.2, 0.25) is 0 Å². The number of carbonyl (C=O) groups is 2. The molecular formula is C16H22ClN3O2. The number of hydrogen-bond acceptors (Lipinski definition) is 3. The van der Waals surface area contributed by atoms with Crippen LogP contribution in [-0.4, -0.2) is 30.9 Å². The van der Waals surface area contributed by atoms with Crippen LogP contribution < -0.4 is 16.0 Å². The molecule has 2 fully saturated rings. The number of benzene rings is 1. The van der Waals surface area contributed by atoms with Gasteiger partial charge < -0.3 is 16.0 Å². The van der Waals surface area contributed by atoms with Crippen molar-refractivity contribution in [1.82, 2.24) is 5.32 Å². The Labute approximate surface area is 136 Å². The van der Waals surface area contributed by atoms with Gasteiger partial charge in [0.15, 0.2) is 0 Å². The van der Waals surface area contributed by atoms with Crippen LogP contribution in [0.3, 0.4) is 0 Å². The van der Waals surface area contributed by atoms with Gasteiger partial charge in [0.05, 0.1) is 0 Å². The molecule has 22 heavy (non-hydrogen) atoms. The van der Waals surface area contributed by atoms with Crippen molar-refractivity contribution in [1.29, 1.82) is 0 Å². The third-order valence-corrected chi connectivity index (χ3v) is 4.28. The van der Waals surface area contributed by atoms with Crippen LogP contribution in [0, 0.1) is 5.92 Å². The van der Waals surface area contributed by atoms with Gasteiger partial charge in [0.2, 0.25) is 5.91 Å². The zero-order valence-electron chi connectivity index (χ0n) is 12.5. The van der Waals surface area contributed by atoms with E-state index in [1.165, 1.54) is 0 Å². The highest BCUT2D eigenvalue weighted by molar-refractivity contribution is 5.97. The number of amides is 2. The number of hydrogen-bond donors (Lipinski definition) is 2. The summed E-state index contributed by atoms with van der Waals surface area (Å²) in [5, 5.41) is 3.00. The second kappa shape index (κ2) is 7.11. The van der Waals surface area contributed by atoms with Gasteiger partial charge in [-0.15, -0.1) is 12.4 Å². The highest BCUT2D eigenvalue weighted by Gasteiger charge is 2.31. The molecular weight excluding hydrogens is 302 g/mol. The van der Waals surface area contributed by atoms with Crippen LogP contribution in [0.15, 0.2) is 24.3 Å². The van der Waals surface area contributed by atoms with Crippen molar-refractivity contribution in [2.75, 3.05) is 18.0 Å². The van der Waals surface area contributed by atoms with E-state index in [2.05, 4.69) is 5.32 Å². The highest BCUT2D eigenvalue weighted by Crippen LogP contribution is 2.32. The van der Waals surface area contributed by atoms with Crippen LogP contribution in [0.25, 0.3) is 0 Å². The molecule has 0 aromatic heterocycles. The smallest absolute Gasteiger partial charge is 0.251 e. The van der Waals surface area contributed by atoms with Gasteiger partial charge in [-0.05, 0) is 49.4 Å². The minimum Gasteiger partial charge on any atom is -0.348 e. The van der Waals surface area contributed by atoms with Gasteiger partial charge in [0.1, 0.15) is 0 Å².